The molecule has 0 aliphatic heterocycles. The van der Waals surface area contributed by atoms with E-state index in [0.29, 0.717) is 31.3 Å². The number of benzene rings is 1. The van der Waals surface area contributed by atoms with E-state index >= 15 is 0 Å². The summed E-state index contributed by atoms with van der Waals surface area (Å²) in [5.41, 5.74) is 1.01. The maximum absolute atomic E-state index is 5.89. The fourth-order valence-corrected chi connectivity index (χ4v) is 4.12. The maximum atomic E-state index is 5.89. The van der Waals surface area contributed by atoms with Crippen molar-refractivity contribution < 1.29 is 27.5 Å². The minimum absolute atomic E-state index is 0.516. The van der Waals surface area contributed by atoms with Crippen LogP contribution in [0.25, 0.3) is 0 Å². The summed E-state index contributed by atoms with van der Waals surface area (Å²) in [5.74, 6) is 1.23. The van der Waals surface area contributed by atoms with Gasteiger partial charge in [-0.2, -0.15) is 0 Å². The molecule has 0 aliphatic carbocycles. The Balaban J connectivity index is 2.77. The van der Waals surface area contributed by atoms with Crippen LogP contribution in [0.4, 0.5) is 0 Å². The van der Waals surface area contributed by atoms with E-state index in [2.05, 4.69) is 0 Å². The van der Waals surface area contributed by atoms with E-state index < -0.39 is 15.1 Å². The van der Waals surface area contributed by atoms with Crippen LogP contribution >= 0.6 is 0 Å². The van der Waals surface area contributed by atoms with Gasteiger partial charge in [0.25, 0.3) is 0 Å². The largest absolute Gasteiger partial charge is 0.500 e. The highest BCUT2D eigenvalue weighted by Crippen LogP contribution is 2.30. The van der Waals surface area contributed by atoms with Crippen LogP contribution in [0.5, 0.6) is 11.5 Å². The van der Waals surface area contributed by atoms with Gasteiger partial charge >= 0.3 is 8.80 Å². The minimum atomic E-state index is -2.70. The Labute approximate surface area is 140 Å². The molecule has 1 unspecified atom stereocenters. The van der Waals surface area contributed by atoms with Gasteiger partial charge in [0.05, 0.1) is 13.7 Å². The predicted molar refractivity (Wildman–Crippen MR) is 89.8 cm³/mol. The van der Waals surface area contributed by atoms with Gasteiger partial charge in [-0.05, 0) is 38.5 Å². The molecule has 0 bridgehead atoms. The van der Waals surface area contributed by atoms with Crippen LogP contribution in [0.1, 0.15) is 26.3 Å². The number of rotatable bonds is 11. The summed E-state index contributed by atoms with van der Waals surface area (Å²) in [5, 5.41) is 0. The highest BCUT2D eigenvalue weighted by Gasteiger charge is 2.36. The van der Waals surface area contributed by atoms with Gasteiger partial charge in [0.1, 0.15) is 0 Å². The molecule has 0 aromatic heterocycles. The van der Waals surface area contributed by atoms with Crippen molar-refractivity contribution in [1.82, 2.24) is 0 Å². The van der Waals surface area contributed by atoms with Crippen molar-refractivity contribution in [3.8, 4) is 11.5 Å². The lowest BCUT2D eigenvalue weighted by atomic mass is 10.2. The summed E-state index contributed by atoms with van der Waals surface area (Å²) in [7, 11) is 0.550. The van der Waals surface area contributed by atoms with E-state index in [1.807, 2.05) is 45.5 Å². The Morgan fingerprint density at radius 3 is 2.22 bits per heavy atom. The topological polar surface area (TPSA) is 55.4 Å². The first-order valence-corrected chi connectivity index (χ1v) is 9.98. The van der Waals surface area contributed by atoms with Crippen LogP contribution in [0, 0.1) is 0 Å². The van der Waals surface area contributed by atoms with Gasteiger partial charge in [-0.1, -0.05) is 6.07 Å². The lowest BCUT2D eigenvalue weighted by Crippen LogP contribution is -2.46. The second-order valence-electron chi connectivity index (χ2n) is 4.95. The van der Waals surface area contributed by atoms with Gasteiger partial charge < -0.3 is 27.5 Å². The van der Waals surface area contributed by atoms with E-state index in [1.165, 1.54) is 0 Å². The normalized spacial score (nSPS) is 13.0. The lowest BCUT2D eigenvalue weighted by molar-refractivity contribution is -0.0466. The molecule has 132 valence electrons. The summed E-state index contributed by atoms with van der Waals surface area (Å²) >= 11 is 0. The number of hydrogen-bond donors (Lipinski definition) is 0. The second kappa shape index (κ2) is 9.89. The average molecular weight is 344 g/mol. The summed E-state index contributed by atoms with van der Waals surface area (Å²) in [6, 6.07) is 5.65. The van der Waals surface area contributed by atoms with Gasteiger partial charge in [0.15, 0.2) is 17.8 Å². The zero-order valence-electron chi connectivity index (χ0n) is 14.9. The molecule has 7 heteroatoms. The molecule has 1 aromatic carbocycles. The van der Waals surface area contributed by atoms with Gasteiger partial charge in [-0.3, -0.25) is 0 Å². The van der Waals surface area contributed by atoms with Crippen LogP contribution in [0.2, 0.25) is 6.55 Å². The molecule has 0 heterocycles. The van der Waals surface area contributed by atoms with Crippen molar-refractivity contribution in [2.24, 2.45) is 0 Å². The molecule has 0 saturated heterocycles. The summed E-state index contributed by atoms with van der Waals surface area (Å²) in [6.45, 7) is 9.08. The summed E-state index contributed by atoms with van der Waals surface area (Å²) in [6.07, 6.45) is -0.521. The van der Waals surface area contributed by atoms with Crippen molar-refractivity contribution in [3.63, 3.8) is 0 Å². The highest BCUT2D eigenvalue weighted by molar-refractivity contribution is 6.59. The Morgan fingerprint density at radius 1 is 1.04 bits per heavy atom. The summed E-state index contributed by atoms with van der Waals surface area (Å²) < 4.78 is 33.5. The van der Waals surface area contributed by atoms with Crippen LogP contribution in [-0.2, 0) is 24.6 Å². The van der Waals surface area contributed by atoms with E-state index in [0.717, 1.165) is 5.56 Å². The smallest absolute Gasteiger partial charge is 0.493 e. The molecule has 0 amide bonds. The van der Waals surface area contributed by atoms with Crippen molar-refractivity contribution in [3.05, 3.63) is 23.8 Å². The fourth-order valence-electron chi connectivity index (χ4n) is 2.20. The van der Waals surface area contributed by atoms with Gasteiger partial charge in [0.2, 0.25) is 0 Å². The van der Waals surface area contributed by atoms with Crippen molar-refractivity contribution in [1.29, 1.82) is 0 Å². The minimum Gasteiger partial charge on any atom is -0.493 e. The van der Waals surface area contributed by atoms with Crippen LogP contribution in [0.3, 0.4) is 0 Å². The van der Waals surface area contributed by atoms with E-state index in [-0.39, 0.29) is 0 Å². The highest BCUT2D eigenvalue weighted by atomic mass is 28.4. The third-order valence-corrected chi connectivity index (χ3v) is 5.41. The first-order valence-electron chi connectivity index (χ1n) is 7.76. The molecule has 6 nitrogen and oxygen atoms in total. The fraction of sp³-hybridized carbons (Fsp3) is 0.625. The van der Waals surface area contributed by atoms with Crippen LogP contribution < -0.4 is 9.47 Å². The molecule has 1 aromatic rings. The second-order valence-corrected chi connectivity index (χ2v) is 7.49. The lowest BCUT2D eigenvalue weighted by Gasteiger charge is -2.28. The van der Waals surface area contributed by atoms with Crippen molar-refractivity contribution >= 4 is 8.80 Å². The van der Waals surface area contributed by atoms with Crippen LogP contribution in [-0.4, -0.2) is 42.5 Å². The van der Waals surface area contributed by atoms with Gasteiger partial charge in [-0.25, -0.2) is 0 Å². The van der Waals surface area contributed by atoms with E-state index in [9.17, 15) is 0 Å². The number of hydrogen-bond acceptors (Lipinski definition) is 6. The first kappa shape index (κ1) is 19.9. The third-order valence-electron chi connectivity index (χ3n) is 3.03. The first-order chi connectivity index (χ1) is 11.0. The molecule has 0 aliphatic rings. The zero-order chi connectivity index (χ0) is 17.3. The predicted octanol–water partition coefficient (Wildman–Crippen LogP) is 3.22. The van der Waals surface area contributed by atoms with Crippen LogP contribution in [0.15, 0.2) is 18.2 Å². The van der Waals surface area contributed by atoms with Crippen molar-refractivity contribution in [2.45, 2.75) is 40.2 Å². The monoisotopic (exact) mass is 344 g/mol. The molecule has 0 N–H and O–H groups in total. The molecule has 0 spiro atoms. The Morgan fingerprint density at radius 2 is 1.70 bits per heavy atom. The molecule has 23 heavy (non-hydrogen) atoms. The van der Waals surface area contributed by atoms with Gasteiger partial charge in [0, 0.05) is 26.9 Å². The molecule has 0 fully saturated rings. The van der Waals surface area contributed by atoms with E-state index in [1.54, 1.807) is 14.2 Å². The molecule has 1 atom stereocenters. The third kappa shape index (κ3) is 6.48. The molecule has 0 radical (unpaired) electrons. The molecule has 1 rings (SSSR count). The van der Waals surface area contributed by atoms with Gasteiger partial charge in [-0.15, -0.1) is 0 Å². The Bertz CT molecular complexity index is 462. The van der Waals surface area contributed by atoms with E-state index in [4.69, 9.17) is 27.5 Å². The quantitative estimate of drug-likeness (QED) is 0.454. The Kier molecular flexibility index (Phi) is 8.57. The van der Waals surface area contributed by atoms with Crippen molar-refractivity contribution in [2.75, 3.05) is 27.4 Å². The zero-order valence-corrected chi connectivity index (χ0v) is 15.9. The number of methoxy groups -OCH3 is 2. The summed E-state index contributed by atoms with van der Waals surface area (Å²) in [4.78, 5) is 0. The average Bonchev–Trinajstić information content (AvgIpc) is 2.49. The molecule has 0 saturated carbocycles. The maximum Gasteiger partial charge on any atom is 0.500 e. The standard InChI is InChI=1S/C16H28O6Si/c1-7-19-23(6,20-8-2)22-13(3)21-15-10-9-14(12-17-4)11-16(15)18-5/h9-11,13H,7-8,12H2,1-6H3. The number of ether oxygens (including phenoxy) is 3. The molecular weight excluding hydrogens is 316 g/mol. The SMILES string of the molecule is CCO[Si](C)(OCC)OC(C)Oc1ccc(COC)cc1OC. The Hall–Kier alpha value is -1.12. The molecular formula is C16H28O6Si.